The van der Waals surface area contributed by atoms with Gasteiger partial charge in [-0.2, -0.15) is 0 Å². The molecule has 0 unspecified atom stereocenters. The second-order valence-corrected chi connectivity index (χ2v) is 6.16. The van der Waals surface area contributed by atoms with Gasteiger partial charge in [0.2, 0.25) is 0 Å². The zero-order valence-electron chi connectivity index (χ0n) is 5.75. The average Bonchev–Trinajstić information content (AvgIpc) is 2.58. The summed E-state index contributed by atoms with van der Waals surface area (Å²) < 4.78 is 1.72. The molecule has 0 radical (unpaired) electrons. The van der Waals surface area contributed by atoms with E-state index in [1.165, 1.54) is 16.2 Å². The second kappa shape index (κ2) is 3.46. The summed E-state index contributed by atoms with van der Waals surface area (Å²) in [4.78, 5) is 6.30. The van der Waals surface area contributed by atoms with Crippen LogP contribution in [0.3, 0.4) is 0 Å². The monoisotopic (exact) mass is 279 g/mol. The fourth-order valence-corrected chi connectivity index (χ4v) is 3.21. The van der Waals surface area contributed by atoms with Gasteiger partial charge in [0.15, 0.2) is 4.47 Å². The summed E-state index contributed by atoms with van der Waals surface area (Å²) >= 11 is 12.3. The van der Waals surface area contributed by atoms with Gasteiger partial charge in [-0.15, -0.1) is 22.7 Å². The lowest BCUT2D eigenvalue weighted by Crippen LogP contribution is -1.57. The van der Waals surface area contributed by atoms with Crippen LogP contribution in [-0.2, 0) is 0 Å². The Hall–Kier alpha value is 0.1000. The molecular weight excluding hydrogens is 278 g/mol. The van der Waals surface area contributed by atoms with Gasteiger partial charge in [0.1, 0.15) is 0 Å². The highest BCUT2D eigenvalue weighted by Crippen LogP contribution is 2.35. The number of rotatable bonds is 1. The van der Waals surface area contributed by atoms with Crippen LogP contribution in [0.15, 0.2) is 22.1 Å². The predicted octanol–water partition coefficient (Wildman–Crippen LogP) is 4.29. The van der Waals surface area contributed by atoms with E-state index in [1.54, 1.807) is 17.5 Å². The largest absolute Gasteiger partial charge is 0.233 e. The van der Waals surface area contributed by atoms with Crippen LogP contribution in [0.2, 0.25) is 4.47 Å². The van der Waals surface area contributed by atoms with Gasteiger partial charge in [0.05, 0.1) is 8.66 Å². The second-order valence-electron chi connectivity index (χ2n) is 2.08. The molecule has 0 spiro atoms. The quantitative estimate of drug-likeness (QED) is 0.759. The Kier molecular flexibility index (Phi) is 2.50. The van der Waals surface area contributed by atoms with E-state index in [9.17, 15) is 0 Å². The zero-order valence-corrected chi connectivity index (χ0v) is 9.73. The summed E-state index contributed by atoms with van der Waals surface area (Å²) in [6, 6.07) is 4.08. The molecule has 0 atom stereocenters. The Morgan fingerprint density at radius 3 is 2.58 bits per heavy atom. The number of halogens is 2. The van der Waals surface area contributed by atoms with Gasteiger partial charge in [0, 0.05) is 11.1 Å². The van der Waals surface area contributed by atoms with Crippen LogP contribution in [0.4, 0.5) is 0 Å². The number of aromatic nitrogens is 1. The first-order valence-electron chi connectivity index (χ1n) is 3.13. The van der Waals surface area contributed by atoms with Crippen molar-refractivity contribution in [2.75, 3.05) is 0 Å². The van der Waals surface area contributed by atoms with Gasteiger partial charge in [0.25, 0.3) is 0 Å². The number of thiophene rings is 1. The lowest BCUT2D eigenvalue weighted by Gasteiger charge is -1.84. The summed E-state index contributed by atoms with van der Waals surface area (Å²) in [5, 5.41) is 0. The van der Waals surface area contributed by atoms with E-state index in [-0.39, 0.29) is 0 Å². The summed E-state index contributed by atoms with van der Waals surface area (Å²) in [6.07, 6.45) is 1.80. The standard InChI is InChI=1S/C7H3BrClNS2/c8-6-2-1-4(11-6)5-3-10-7(9)12-5/h1-3H. The molecule has 0 aliphatic carbocycles. The van der Waals surface area contributed by atoms with Gasteiger partial charge in [-0.05, 0) is 28.1 Å². The van der Waals surface area contributed by atoms with E-state index < -0.39 is 0 Å². The third-order valence-corrected chi connectivity index (χ3v) is 4.23. The fourth-order valence-electron chi connectivity index (χ4n) is 0.813. The third-order valence-electron chi connectivity index (χ3n) is 1.29. The van der Waals surface area contributed by atoms with Crippen molar-refractivity contribution < 1.29 is 0 Å². The molecule has 0 aliphatic heterocycles. The first kappa shape index (κ1) is 8.69. The number of thiazole rings is 1. The Morgan fingerprint density at radius 1 is 1.25 bits per heavy atom. The molecule has 62 valence electrons. The molecule has 2 aromatic heterocycles. The van der Waals surface area contributed by atoms with Crippen molar-refractivity contribution in [1.82, 2.24) is 4.98 Å². The molecule has 0 saturated carbocycles. The molecule has 0 N–H and O–H groups in total. The summed E-state index contributed by atoms with van der Waals surface area (Å²) in [7, 11) is 0. The van der Waals surface area contributed by atoms with E-state index in [0.29, 0.717) is 4.47 Å². The number of hydrogen-bond acceptors (Lipinski definition) is 3. The summed E-state index contributed by atoms with van der Waals surface area (Å²) in [5.74, 6) is 0. The number of hydrogen-bond donors (Lipinski definition) is 0. The van der Waals surface area contributed by atoms with E-state index in [2.05, 4.69) is 27.0 Å². The average molecular weight is 281 g/mol. The van der Waals surface area contributed by atoms with Crippen LogP contribution in [-0.4, -0.2) is 4.98 Å². The van der Waals surface area contributed by atoms with Crippen molar-refractivity contribution in [1.29, 1.82) is 0 Å². The van der Waals surface area contributed by atoms with Crippen LogP contribution in [0, 0.1) is 0 Å². The molecule has 2 aromatic rings. The van der Waals surface area contributed by atoms with Crippen molar-refractivity contribution in [3.8, 4) is 9.75 Å². The molecule has 0 amide bonds. The highest BCUT2D eigenvalue weighted by molar-refractivity contribution is 9.11. The Bertz CT molecular complexity index is 357. The smallest absolute Gasteiger partial charge is 0.184 e. The molecule has 2 rings (SSSR count). The molecule has 0 bridgehead atoms. The molecule has 0 aliphatic rings. The molecule has 1 nitrogen and oxygen atoms in total. The van der Waals surface area contributed by atoms with Gasteiger partial charge in [-0.3, -0.25) is 0 Å². The fraction of sp³-hybridized carbons (Fsp3) is 0. The van der Waals surface area contributed by atoms with Crippen LogP contribution in [0.25, 0.3) is 9.75 Å². The first-order chi connectivity index (χ1) is 5.75. The van der Waals surface area contributed by atoms with Gasteiger partial charge in [-0.25, -0.2) is 4.98 Å². The summed E-state index contributed by atoms with van der Waals surface area (Å²) in [5.41, 5.74) is 0. The lowest BCUT2D eigenvalue weighted by molar-refractivity contribution is 1.43. The lowest BCUT2D eigenvalue weighted by atomic mass is 10.4. The molecule has 12 heavy (non-hydrogen) atoms. The Morgan fingerprint density at radius 2 is 2.08 bits per heavy atom. The Labute approximate surface area is 91.2 Å². The molecular formula is C7H3BrClNS2. The van der Waals surface area contributed by atoms with Gasteiger partial charge >= 0.3 is 0 Å². The minimum absolute atomic E-state index is 0.592. The maximum atomic E-state index is 5.72. The Balaban J connectivity index is 2.43. The van der Waals surface area contributed by atoms with E-state index >= 15 is 0 Å². The minimum atomic E-state index is 0.592. The van der Waals surface area contributed by atoms with Crippen LogP contribution >= 0.6 is 50.2 Å². The molecule has 0 fully saturated rings. The summed E-state index contributed by atoms with van der Waals surface area (Å²) in [6.45, 7) is 0. The third kappa shape index (κ3) is 1.71. The van der Waals surface area contributed by atoms with Crippen LogP contribution in [0.1, 0.15) is 0 Å². The SMILES string of the molecule is Clc1ncc(-c2ccc(Br)s2)s1. The van der Waals surface area contributed by atoms with Crippen LogP contribution < -0.4 is 0 Å². The minimum Gasteiger partial charge on any atom is -0.233 e. The van der Waals surface area contributed by atoms with Crippen molar-refractivity contribution in [3.05, 3.63) is 26.6 Å². The molecule has 0 aromatic carbocycles. The van der Waals surface area contributed by atoms with E-state index in [0.717, 1.165) is 8.66 Å². The van der Waals surface area contributed by atoms with Crippen molar-refractivity contribution in [2.24, 2.45) is 0 Å². The topological polar surface area (TPSA) is 12.9 Å². The van der Waals surface area contributed by atoms with Crippen molar-refractivity contribution in [2.45, 2.75) is 0 Å². The normalized spacial score (nSPS) is 10.5. The zero-order chi connectivity index (χ0) is 8.55. The molecule has 2 heterocycles. The molecule has 0 saturated heterocycles. The van der Waals surface area contributed by atoms with Crippen molar-refractivity contribution in [3.63, 3.8) is 0 Å². The molecule has 5 heteroatoms. The highest BCUT2D eigenvalue weighted by Gasteiger charge is 2.04. The van der Waals surface area contributed by atoms with Crippen LogP contribution in [0.5, 0.6) is 0 Å². The van der Waals surface area contributed by atoms with Crippen molar-refractivity contribution >= 4 is 50.2 Å². The van der Waals surface area contributed by atoms with Gasteiger partial charge in [-0.1, -0.05) is 11.6 Å². The first-order valence-corrected chi connectivity index (χ1v) is 5.93. The van der Waals surface area contributed by atoms with Gasteiger partial charge < -0.3 is 0 Å². The maximum Gasteiger partial charge on any atom is 0.184 e. The number of nitrogens with zero attached hydrogens (tertiary/aromatic N) is 1. The van der Waals surface area contributed by atoms with E-state index in [4.69, 9.17) is 11.6 Å². The predicted molar refractivity (Wildman–Crippen MR) is 58.1 cm³/mol. The van der Waals surface area contributed by atoms with E-state index in [1.807, 2.05) is 6.07 Å². The highest BCUT2D eigenvalue weighted by atomic mass is 79.9. The maximum absolute atomic E-state index is 5.72.